The van der Waals surface area contributed by atoms with Gasteiger partial charge in [-0.15, -0.1) is 0 Å². The molecule has 0 amide bonds. The molecule has 0 aliphatic heterocycles. The summed E-state index contributed by atoms with van der Waals surface area (Å²) >= 11 is 0. The van der Waals surface area contributed by atoms with Crippen LogP contribution in [0.1, 0.15) is 62.3 Å². The van der Waals surface area contributed by atoms with E-state index in [4.69, 9.17) is 28.4 Å². The Morgan fingerprint density at radius 2 is 0.690 bits per heavy atom. The number of rotatable bonds is 21. The van der Waals surface area contributed by atoms with Gasteiger partial charge in [0, 0.05) is 44.6 Å². The lowest BCUT2D eigenvalue weighted by Gasteiger charge is -2.11. The Morgan fingerprint density at radius 1 is 0.333 bits per heavy atom. The van der Waals surface area contributed by atoms with E-state index in [2.05, 4.69) is 48.9 Å². The molecule has 21 heteroatoms. The molecule has 6 aromatic carbocycles. The minimum Gasteiger partial charge on any atom is -0.459 e. The Hall–Kier alpha value is -10.8. The zero-order valence-corrected chi connectivity index (χ0v) is 48.0. The fourth-order valence-corrected chi connectivity index (χ4v) is 6.44. The quantitative estimate of drug-likeness (QED) is 0.0164. The van der Waals surface area contributed by atoms with Crippen LogP contribution in [0.2, 0.25) is 0 Å². The topological polar surface area (TPSA) is 210 Å². The highest BCUT2D eigenvalue weighted by atomic mass is 19.2. The standard InChI is InChI=1S/C23H21FO6.C23H22O6.C20H14F4O4/c1-14(2)21(25)28-11-12-29-23(27)17-7-10-19(20(24)13-17)16-5-8-18(9-6-16)30-22(26)15(3)4;1-15(2)21(24)27-13-14-28-23(26)19-7-5-17(6-8-19)18-9-11-20(12-10-18)29-22(25)16(3)4;1-9(2)19(25)27-15-6-5-12(16(23)17(15)24)11-7-13(21)18(14(22)8-11)28-20(26)10(3)4/h5-10,13H,1,3,11-12H2,2,4H3;5-12H,1,3,13-14H2,2,4H3;5-8H,1,3H2,2,4H3. The van der Waals surface area contributed by atoms with Crippen LogP contribution in [-0.4, -0.2) is 74.2 Å². The van der Waals surface area contributed by atoms with Crippen LogP contribution in [-0.2, 0) is 47.7 Å². The van der Waals surface area contributed by atoms with Gasteiger partial charge in [0.15, 0.2) is 23.2 Å². The van der Waals surface area contributed by atoms with Crippen LogP contribution in [0.5, 0.6) is 23.0 Å². The zero-order chi connectivity index (χ0) is 64.8. The largest absolute Gasteiger partial charge is 0.459 e. The van der Waals surface area contributed by atoms with Gasteiger partial charge in [0.25, 0.3) is 0 Å². The molecule has 452 valence electrons. The molecular weight excluding hydrogens is 1140 g/mol. The third kappa shape index (κ3) is 20.8. The van der Waals surface area contributed by atoms with Gasteiger partial charge in [-0.3, -0.25) is 0 Å². The van der Waals surface area contributed by atoms with Gasteiger partial charge in [-0.2, -0.15) is 4.39 Å². The number of halogens is 5. The highest BCUT2D eigenvalue weighted by Gasteiger charge is 2.23. The molecule has 87 heavy (non-hydrogen) atoms. The van der Waals surface area contributed by atoms with Gasteiger partial charge in [-0.05, 0) is 137 Å². The Labute approximate surface area is 497 Å². The number of esters is 8. The second-order valence-electron chi connectivity index (χ2n) is 18.6. The van der Waals surface area contributed by atoms with Crippen molar-refractivity contribution in [1.29, 1.82) is 0 Å². The highest BCUT2D eigenvalue weighted by Crippen LogP contribution is 2.35. The van der Waals surface area contributed by atoms with E-state index >= 15 is 0 Å². The van der Waals surface area contributed by atoms with E-state index in [1.807, 2.05) is 12.1 Å². The molecule has 6 rings (SSSR count). The van der Waals surface area contributed by atoms with Crippen LogP contribution in [0.3, 0.4) is 0 Å². The average molecular weight is 1200 g/mol. The lowest BCUT2D eigenvalue weighted by molar-refractivity contribution is -0.140. The summed E-state index contributed by atoms with van der Waals surface area (Å²) in [6.07, 6.45) is 0. The van der Waals surface area contributed by atoms with Gasteiger partial charge < -0.3 is 37.9 Å². The zero-order valence-electron chi connectivity index (χ0n) is 48.0. The normalized spacial score (nSPS) is 10.1. The van der Waals surface area contributed by atoms with E-state index in [9.17, 15) is 60.3 Å². The predicted octanol–water partition coefficient (Wildman–Crippen LogP) is 13.2. The summed E-state index contributed by atoms with van der Waals surface area (Å²) in [6, 6.07) is 27.3. The van der Waals surface area contributed by atoms with Gasteiger partial charge in [0.2, 0.25) is 11.6 Å². The van der Waals surface area contributed by atoms with Crippen molar-refractivity contribution in [2.75, 3.05) is 26.4 Å². The molecule has 0 N–H and O–H groups in total. The summed E-state index contributed by atoms with van der Waals surface area (Å²) in [5.74, 6) is -12.6. The number of hydrogen-bond donors (Lipinski definition) is 0. The van der Waals surface area contributed by atoms with Crippen LogP contribution in [0, 0.1) is 29.1 Å². The van der Waals surface area contributed by atoms with Crippen molar-refractivity contribution in [2.45, 2.75) is 41.5 Å². The Balaban J connectivity index is 0.000000279. The van der Waals surface area contributed by atoms with Crippen molar-refractivity contribution in [1.82, 2.24) is 0 Å². The smallest absolute Gasteiger partial charge is 0.338 e. The average Bonchev–Trinajstić information content (AvgIpc) is 1.29. The van der Waals surface area contributed by atoms with Crippen LogP contribution < -0.4 is 18.9 Å². The molecule has 0 heterocycles. The van der Waals surface area contributed by atoms with E-state index in [1.165, 1.54) is 58.9 Å². The molecule has 0 aliphatic rings. The fraction of sp³-hybridized carbons (Fsp3) is 0.152. The third-order valence-electron chi connectivity index (χ3n) is 11.0. The van der Waals surface area contributed by atoms with E-state index in [0.717, 1.165) is 29.3 Å². The van der Waals surface area contributed by atoms with Crippen molar-refractivity contribution < 1.29 is 98.2 Å². The highest BCUT2D eigenvalue weighted by molar-refractivity contribution is 5.93. The van der Waals surface area contributed by atoms with Gasteiger partial charge in [-0.1, -0.05) is 81.9 Å². The van der Waals surface area contributed by atoms with Crippen molar-refractivity contribution in [3.63, 3.8) is 0 Å². The maximum Gasteiger partial charge on any atom is 0.338 e. The first-order valence-electron chi connectivity index (χ1n) is 25.6. The number of hydrogen-bond acceptors (Lipinski definition) is 16. The molecule has 0 unspecified atom stereocenters. The molecule has 0 radical (unpaired) electrons. The van der Waals surface area contributed by atoms with Crippen LogP contribution in [0.25, 0.3) is 33.4 Å². The maximum atomic E-state index is 14.5. The van der Waals surface area contributed by atoms with E-state index in [-0.39, 0.29) is 71.0 Å². The molecular formula is C66H57F5O16. The summed E-state index contributed by atoms with van der Waals surface area (Å²) in [4.78, 5) is 92.5. The first kappa shape index (κ1) is 68.7. The Morgan fingerprint density at radius 3 is 1.11 bits per heavy atom. The first-order chi connectivity index (χ1) is 41.0. The SMILES string of the molecule is C=C(C)C(=O)OCCOC(=O)c1ccc(-c2ccc(OC(=O)C(=C)C)cc2)c(F)c1.C=C(C)C(=O)OCCOC(=O)c1ccc(-c2ccc(OC(=O)C(=C)C)cc2)cc1.C=C(C)C(=O)Oc1ccc(-c2cc(F)c(OC(=O)C(=C)C)c(F)c2)c(F)c1F. The molecule has 0 aliphatic carbocycles. The number of ether oxygens (including phenoxy) is 8. The fourth-order valence-electron chi connectivity index (χ4n) is 6.44. The Bertz CT molecular complexity index is 3670. The van der Waals surface area contributed by atoms with Crippen LogP contribution in [0.4, 0.5) is 22.0 Å². The summed E-state index contributed by atoms with van der Waals surface area (Å²) in [5.41, 5.74) is 3.12. The second-order valence-corrected chi connectivity index (χ2v) is 18.6. The molecule has 0 spiro atoms. The van der Waals surface area contributed by atoms with Crippen LogP contribution >= 0.6 is 0 Å². The molecule has 6 aromatic rings. The number of benzene rings is 6. The van der Waals surface area contributed by atoms with Crippen molar-refractivity contribution >= 4 is 47.8 Å². The minimum absolute atomic E-state index is 0.0227. The minimum atomic E-state index is -1.52. The summed E-state index contributed by atoms with van der Waals surface area (Å²) in [6.45, 7) is 28.9. The lowest BCUT2D eigenvalue weighted by Crippen LogP contribution is -2.14. The maximum absolute atomic E-state index is 14.5. The second kappa shape index (κ2) is 32.3. The molecule has 0 saturated carbocycles. The summed E-state index contributed by atoms with van der Waals surface area (Å²) in [7, 11) is 0. The summed E-state index contributed by atoms with van der Waals surface area (Å²) in [5, 5.41) is 0. The first-order valence-corrected chi connectivity index (χ1v) is 25.6. The molecule has 0 saturated heterocycles. The van der Waals surface area contributed by atoms with Crippen LogP contribution in [0.15, 0.2) is 188 Å². The molecule has 0 atom stereocenters. The monoisotopic (exact) mass is 1200 g/mol. The van der Waals surface area contributed by atoms with E-state index in [0.29, 0.717) is 40.3 Å². The molecule has 0 bridgehead atoms. The lowest BCUT2D eigenvalue weighted by atomic mass is 10.0. The Kier molecular flexibility index (Phi) is 25.5. The van der Waals surface area contributed by atoms with E-state index < -0.39 is 93.9 Å². The predicted molar refractivity (Wildman–Crippen MR) is 309 cm³/mol. The van der Waals surface area contributed by atoms with Gasteiger partial charge >= 0.3 is 47.8 Å². The van der Waals surface area contributed by atoms with Gasteiger partial charge in [0.1, 0.15) is 43.7 Å². The van der Waals surface area contributed by atoms with Crippen molar-refractivity contribution in [2.24, 2.45) is 0 Å². The molecule has 16 nitrogen and oxygen atoms in total. The summed E-state index contributed by atoms with van der Waals surface area (Å²) < 4.78 is 110. The van der Waals surface area contributed by atoms with Crippen molar-refractivity contribution in [3.05, 3.63) is 228 Å². The third-order valence-corrected chi connectivity index (χ3v) is 11.0. The molecule has 0 fully saturated rings. The number of carbonyl (C=O) groups is 8. The van der Waals surface area contributed by atoms with Crippen molar-refractivity contribution in [3.8, 4) is 56.4 Å². The van der Waals surface area contributed by atoms with E-state index in [1.54, 1.807) is 55.5 Å². The molecule has 0 aromatic heterocycles. The van der Waals surface area contributed by atoms with Gasteiger partial charge in [0.05, 0.1) is 11.1 Å². The number of carbonyl (C=O) groups excluding carboxylic acids is 8. The van der Waals surface area contributed by atoms with Gasteiger partial charge in [-0.25, -0.2) is 55.9 Å².